The molecule has 0 unspecified atom stereocenters. The number of nitrogens with one attached hydrogen (secondary N) is 2. The van der Waals surface area contributed by atoms with E-state index < -0.39 is 0 Å². The number of ether oxygens (including phenoxy) is 1. The molecule has 0 bridgehead atoms. The summed E-state index contributed by atoms with van der Waals surface area (Å²) in [5, 5.41) is 14.1. The molecule has 0 aliphatic rings. The van der Waals surface area contributed by atoms with Crippen molar-refractivity contribution in [3.05, 3.63) is 0 Å². The van der Waals surface area contributed by atoms with Crippen LogP contribution in [0.5, 0.6) is 0 Å². The highest BCUT2D eigenvalue weighted by molar-refractivity contribution is 5.74. The average molecular weight is 218 g/mol. The normalized spacial score (nSPS) is 12.2. The van der Waals surface area contributed by atoms with E-state index in [0.717, 1.165) is 6.42 Å². The van der Waals surface area contributed by atoms with Crippen LogP contribution in [0, 0.1) is 0 Å². The third-order valence-electron chi connectivity index (χ3n) is 1.89. The summed E-state index contributed by atoms with van der Waals surface area (Å²) in [4.78, 5) is 11.2. The van der Waals surface area contributed by atoms with E-state index in [4.69, 9.17) is 9.84 Å². The first-order valence-electron chi connectivity index (χ1n) is 5.43. The Labute approximate surface area is 91.2 Å². The van der Waals surface area contributed by atoms with E-state index >= 15 is 0 Å². The van der Waals surface area contributed by atoms with Gasteiger partial charge in [0.25, 0.3) is 0 Å². The third-order valence-corrected chi connectivity index (χ3v) is 1.89. The lowest BCUT2D eigenvalue weighted by atomic mass is 10.2. The van der Waals surface area contributed by atoms with Gasteiger partial charge in [-0.15, -0.1) is 0 Å². The van der Waals surface area contributed by atoms with E-state index in [1.54, 1.807) is 0 Å². The van der Waals surface area contributed by atoms with Gasteiger partial charge < -0.3 is 20.5 Å². The van der Waals surface area contributed by atoms with Crippen molar-refractivity contribution in [1.29, 1.82) is 0 Å². The maximum Gasteiger partial charge on any atom is 0.314 e. The lowest BCUT2D eigenvalue weighted by Crippen LogP contribution is -2.41. The highest BCUT2D eigenvalue weighted by Gasteiger charge is 2.04. The molecule has 0 aromatic carbocycles. The minimum absolute atomic E-state index is 0.00175. The van der Waals surface area contributed by atoms with Crippen LogP contribution in [0.1, 0.15) is 26.7 Å². The van der Waals surface area contributed by atoms with Gasteiger partial charge in [0.05, 0.1) is 0 Å². The number of aliphatic hydroxyl groups is 1. The molecule has 1 atom stereocenters. The van der Waals surface area contributed by atoms with Crippen LogP contribution in [0.3, 0.4) is 0 Å². The lowest BCUT2D eigenvalue weighted by Gasteiger charge is -2.13. The fourth-order valence-electron chi connectivity index (χ4n) is 1.06. The van der Waals surface area contributed by atoms with Gasteiger partial charge in [-0.3, -0.25) is 0 Å². The van der Waals surface area contributed by atoms with E-state index in [2.05, 4.69) is 10.6 Å². The summed E-state index contributed by atoms with van der Waals surface area (Å²) in [6.07, 6.45) is 1.39. The number of hydrogen-bond acceptors (Lipinski definition) is 3. The third kappa shape index (κ3) is 9.49. The van der Waals surface area contributed by atoms with E-state index in [-0.39, 0.29) is 18.7 Å². The molecule has 15 heavy (non-hydrogen) atoms. The van der Waals surface area contributed by atoms with Crippen molar-refractivity contribution in [2.75, 3.05) is 26.4 Å². The number of aliphatic hydroxyl groups excluding tert-OH is 1. The highest BCUT2D eigenvalue weighted by Crippen LogP contribution is 1.88. The zero-order valence-corrected chi connectivity index (χ0v) is 9.58. The summed E-state index contributed by atoms with van der Waals surface area (Å²) >= 11 is 0. The van der Waals surface area contributed by atoms with Crippen molar-refractivity contribution in [2.24, 2.45) is 0 Å². The minimum atomic E-state index is -0.188. The van der Waals surface area contributed by atoms with E-state index in [9.17, 15) is 4.79 Å². The van der Waals surface area contributed by atoms with Gasteiger partial charge in [0, 0.05) is 32.4 Å². The number of hydrogen-bond donors (Lipinski definition) is 3. The molecule has 0 heterocycles. The number of rotatable bonds is 8. The summed E-state index contributed by atoms with van der Waals surface area (Å²) in [5.41, 5.74) is 0. The molecule has 2 amide bonds. The Bertz CT molecular complexity index is 165. The van der Waals surface area contributed by atoms with Gasteiger partial charge in [-0.2, -0.15) is 0 Å². The first-order chi connectivity index (χ1) is 7.20. The quantitative estimate of drug-likeness (QED) is 0.519. The summed E-state index contributed by atoms with van der Waals surface area (Å²) in [6, 6.07) is -0.186. The first kappa shape index (κ1) is 14.2. The molecule has 3 N–H and O–H groups in total. The summed E-state index contributed by atoms with van der Waals surface area (Å²) in [7, 11) is 0. The summed E-state index contributed by atoms with van der Waals surface area (Å²) < 4.78 is 5.13. The van der Waals surface area contributed by atoms with E-state index in [0.29, 0.717) is 26.2 Å². The second kappa shape index (κ2) is 9.73. The Morgan fingerprint density at radius 1 is 1.53 bits per heavy atom. The highest BCUT2D eigenvalue weighted by atomic mass is 16.5. The zero-order valence-electron chi connectivity index (χ0n) is 9.58. The number of urea groups is 1. The smallest absolute Gasteiger partial charge is 0.314 e. The van der Waals surface area contributed by atoms with Crippen LogP contribution in [0.2, 0.25) is 0 Å². The molecule has 5 nitrogen and oxygen atoms in total. The van der Waals surface area contributed by atoms with Crippen molar-refractivity contribution < 1.29 is 14.6 Å². The molecule has 0 rings (SSSR count). The van der Waals surface area contributed by atoms with Crippen LogP contribution in [0.15, 0.2) is 0 Å². The van der Waals surface area contributed by atoms with Gasteiger partial charge in [-0.1, -0.05) is 0 Å². The van der Waals surface area contributed by atoms with Crippen LogP contribution in [0.25, 0.3) is 0 Å². The van der Waals surface area contributed by atoms with Crippen molar-refractivity contribution >= 4 is 6.03 Å². The van der Waals surface area contributed by atoms with Crippen LogP contribution < -0.4 is 10.6 Å². The SMILES string of the molecule is CCOCCCNC(=O)N[C@H](C)CCO. The second-order valence-corrected chi connectivity index (χ2v) is 3.36. The van der Waals surface area contributed by atoms with Gasteiger partial charge in [0.2, 0.25) is 0 Å². The minimum Gasteiger partial charge on any atom is -0.396 e. The summed E-state index contributed by atoms with van der Waals surface area (Å²) in [5.74, 6) is 0. The number of carbonyl (C=O) groups is 1. The molecule has 0 fully saturated rings. The lowest BCUT2D eigenvalue weighted by molar-refractivity contribution is 0.145. The molecule has 0 aromatic rings. The van der Waals surface area contributed by atoms with Crippen LogP contribution in [0.4, 0.5) is 4.79 Å². The van der Waals surface area contributed by atoms with Crippen molar-refractivity contribution in [3.63, 3.8) is 0 Å². The average Bonchev–Trinajstić information content (AvgIpc) is 2.17. The number of carbonyl (C=O) groups excluding carboxylic acids is 1. The van der Waals surface area contributed by atoms with Crippen LogP contribution in [-0.2, 0) is 4.74 Å². The van der Waals surface area contributed by atoms with Gasteiger partial charge >= 0.3 is 6.03 Å². The van der Waals surface area contributed by atoms with Gasteiger partial charge in [-0.25, -0.2) is 4.79 Å². The van der Waals surface area contributed by atoms with Gasteiger partial charge in [0.15, 0.2) is 0 Å². The molecule has 0 saturated heterocycles. The molecule has 5 heteroatoms. The fraction of sp³-hybridized carbons (Fsp3) is 0.900. The first-order valence-corrected chi connectivity index (χ1v) is 5.43. The molecule has 0 spiro atoms. The van der Waals surface area contributed by atoms with Crippen LogP contribution in [-0.4, -0.2) is 43.5 Å². The molecule has 0 aliphatic heterocycles. The Morgan fingerprint density at radius 3 is 2.87 bits per heavy atom. The Kier molecular flexibility index (Phi) is 9.21. The Balaban J connectivity index is 3.32. The molecule has 0 aliphatic carbocycles. The molecule has 0 aromatic heterocycles. The predicted molar refractivity (Wildman–Crippen MR) is 58.8 cm³/mol. The van der Waals surface area contributed by atoms with Gasteiger partial charge in [0.1, 0.15) is 0 Å². The van der Waals surface area contributed by atoms with E-state index in [1.165, 1.54) is 0 Å². The Morgan fingerprint density at radius 2 is 2.27 bits per heavy atom. The molecule has 0 saturated carbocycles. The van der Waals surface area contributed by atoms with Crippen LogP contribution >= 0.6 is 0 Å². The maximum atomic E-state index is 11.2. The molecule has 0 radical (unpaired) electrons. The van der Waals surface area contributed by atoms with E-state index in [1.807, 2.05) is 13.8 Å². The monoisotopic (exact) mass is 218 g/mol. The predicted octanol–water partition coefficient (Wildman–Crippen LogP) is 0.483. The van der Waals surface area contributed by atoms with Crippen molar-refractivity contribution in [3.8, 4) is 0 Å². The fourth-order valence-corrected chi connectivity index (χ4v) is 1.06. The Hall–Kier alpha value is -0.810. The number of amides is 2. The topological polar surface area (TPSA) is 70.6 Å². The standard InChI is InChI=1S/C10H22N2O3/c1-3-15-8-4-6-11-10(14)12-9(2)5-7-13/h9,13H,3-8H2,1-2H3,(H2,11,12,14)/t9-/m1/s1. The van der Waals surface area contributed by atoms with Gasteiger partial charge in [-0.05, 0) is 26.7 Å². The maximum absolute atomic E-state index is 11.2. The molecular formula is C10H22N2O3. The zero-order chi connectivity index (χ0) is 11.5. The second-order valence-electron chi connectivity index (χ2n) is 3.36. The van der Waals surface area contributed by atoms with Crippen molar-refractivity contribution in [2.45, 2.75) is 32.7 Å². The summed E-state index contributed by atoms with van der Waals surface area (Å²) in [6.45, 7) is 5.87. The molecule has 90 valence electrons. The largest absolute Gasteiger partial charge is 0.396 e. The molecular weight excluding hydrogens is 196 g/mol. The van der Waals surface area contributed by atoms with Crippen molar-refractivity contribution in [1.82, 2.24) is 10.6 Å².